The largest absolute Gasteiger partial charge is 0.368 e. The fourth-order valence-electron chi connectivity index (χ4n) is 3.42. The van der Waals surface area contributed by atoms with E-state index >= 15 is 0 Å². The Labute approximate surface area is 122 Å². The average molecular weight is 290 g/mol. The van der Waals surface area contributed by atoms with Crippen molar-refractivity contribution in [3.05, 3.63) is 23.1 Å². The zero-order valence-corrected chi connectivity index (χ0v) is 12.5. The lowest BCUT2D eigenvalue weighted by Gasteiger charge is -2.37. The van der Waals surface area contributed by atoms with Crippen LogP contribution in [-0.2, 0) is 0 Å². The van der Waals surface area contributed by atoms with Crippen LogP contribution >= 0.6 is 0 Å². The van der Waals surface area contributed by atoms with Gasteiger partial charge >= 0.3 is 0 Å². The summed E-state index contributed by atoms with van der Waals surface area (Å²) >= 11 is 0. The van der Waals surface area contributed by atoms with Crippen molar-refractivity contribution in [2.24, 2.45) is 11.8 Å². The maximum Gasteiger partial charge on any atom is 0.204 e. The lowest BCUT2D eigenvalue weighted by molar-refractivity contribution is 0.112. The molecule has 5 heteroatoms. The van der Waals surface area contributed by atoms with Crippen molar-refractivity contribution in [2.75, 3.05) is 18.0 Å². The Bertz CT molecular complexity index is 685. The van der Waals surface area contributed by atoms with E-state index < -0.39 is 5.82 Å². The van der Waals surface area contributed by atoms with Crippen molar-refractivity contribution in [3.8, 4) is 0 Å². The van der Waals surface area contributed by atoms with E-state index in [4.69, 9.17) is 4.52 Å². The van der Waals surface area contributed by atoms with Crippen molar-refractivity contribution in [1.29, 1.82) is 0 Å². The smallest absolute Gasteiger partial charge is 0.204 e. The normalized spacial score (nSPS) is 22.8. The highest BCUT2D eigenvalue weighted by Gasteiger charge is 2.28. The molecule has 0 N–H and O–H groups in total. The highest BCUT2D eigenvalue weighted by molar-refractivity contribution is 5.95. The van der Waals surface area contributed by atoms with Gasteiger partial charge in [0.25, 0.3) is 0 Å². The van der Waals surface area contributed by atoms with Gasteiger partial charge in [0.2, 0.25) is 5.58 Å². The second-order valence-corrected chi connectivity index (χ2v) is 6.24. The van der Waals surface area contributed by atoms with E-state index in [-0.39, 0.29) is 5.58 Å². The van der Waals surface area contributed by atoms with Gasteiger partial charge in [-0.05, 0) is 31.2 Å². The Morgan fingerprint density at radius 3 is 2.67 bits per heavy atom. The van der Waals surface area contributed by atoms with Crippen LogP contribution in [0, 0.1) is 24.6 Å². The van der Waals surface area contributed by atoms with E-state index in [9.17, 15) is 9.18 Å². The van der Waals surface area contributed by atoms with Crippen LogP contribution < -0.4 is 4.90 Å². The number of hydrogen-bond donors (Lipinski definition) is 0. The molecule has 0 saturated carbocycles. The van der Waals surface area contributed by atoms with Crippen molar-refractivity contribution in [3.63, 3.8) is 0 Å². The van der Waals surface area contributed by atoms with Crippen molar-refractivity contribution in [2.45, 2.75) is 27.2 Å². The lowest BCUT2D eigenvalue weighted by atomic mass is 9.91. The van der Waals surface area contributed by atoms with E-state index in [1.807, 2.05) is 4.90 Å². The predicted molar refractivity (Wildman–Crippen MR) is 79.2 cm³/mol. The Hall–Kier alpha value is -1.91. The summed E-state index contributed by atoms with van der Waals surface area (Å²) in [6.45, 7) is 7.54. The minimum absolute atomic E-state index is 0.138. The number of carbonyl (C=O) groups is 1. The van der Waals surface area contributed by atoms with Gasteiger partial charge in [0, 0.05) is 24.0 Å². The number of aromatic nitrogens is 1. The summed E-state index contributed by atoms with van der Waals surface area (Å²) < 4.78 is 19.9. The van der Waals surface area contributed by atoms with E-state index in [0.717, 1.165) is 19.5 Å². The molecule has 0 unspecified atom stereocenters. The second-order valence-electron chi connectivity index (χ2n) is 6.24. The van der Waals surface area contributed by atoms with E-state index in [1.165, 1.54) is 0 Å². The van der Waals surface area contributed by atoms with Gasteiger partial charge in [-0.3, -0.25) is 4.79 Å². The zero-order valence-electron chi connectivity index (χ0n) is 12.5. The van der Waals surface area contributed by atoms with Crippen LogP contribution in [0.15, 0.2) is 10.6 Å². The molecule has 1 aromatic carbocycles. The molecule has 112 valence electrons. The molecule has 1 fully saturated rings. The Balaban J connectivity index is 2.16. The Morgan fingerprint density at radius 2 is 2.05 bits per heavy atom. The number of hydrogen-bond acceptors (Lipinski definition) is 4. The third-order valence-corrected chi connectivity index (χ3v) is 4.20. The summed E-state index contributed by atoms with van der Waals surface area (Å²) in [4.78, 5) is 13.4. The second kappa shape index (κ2) is 5.13. The molecule has 1 saturated heterocycles. The molecule has 2 aromatic rings. The summed E-state index contributed by atoms with van der Waals surface area (Å²) in [7, 11) is 0. The lowest BCUT2D eigenvalue weighted by Crippen LogP contribution is -2.39. The molecule has 1 aliphatic heterocycles. The molecule has 1 aromatic heterocycles. The number of nitrogens with zero attached hydrogens (tertiary/aromatic N) is 2. The third-order valence-electron chi connectivity index (χ3n) is 4.20. The van der Waals surface area contributed by atoms with E-state index in [1.54, 1.807) is 13.0 Å². The molecule has 0 spiro atoms. The van der Waals surface area contributed by atoms with Gasteiger partial charge in [0.15, 0.2) is 12.1 Å². The molecule has 0 radical (unpaired) electrons. The molecule has 21 heavy (non-hydrogen) atoms. The Kier molecular flexibility index (Phi) is 3.43. The van der Waals surface area contributed by atoms with Gasteiger partial charge < -0.3 is 9.42 Å². The van der Waals surface area contributed by atoms with Crippen LogP contribution in [0.5, 0.6) is 0 Å². The van der Waals surface area contributed by atoms with Crippen LogP contribution in [0.25, 0.3) is 11.0 Å². The molecule has 0 aliphatic carbocycles. The topological polar surface area (TPSA) is 46.3 Å². The molecule has 3 rings (SSSR count). The summed E-state index contributed by atoms with van der Waals surface area (Å²) in [5, 5.41) is 4.36. The maximum atomic E-state index is 14.8. The highest BCUT2D eigenvalue weighted by atomic mass is 19.1. The molecular formula is C16H19FN2O2. The molecular weight excluding hydrogens is 271 g/mol. The number of halogens is 1. The molecule has 1 aliphatic rings. The number of fused-ring (bicyclic) bond motifs is 1. The van der Waals surface area contributed by atoms with Crippen LogP contribution in [0.4, 0.5) is 10.1 Å². The zero-order chi connectivity index (χ0) is 15.1. The fourth-order valence-corrected chi connectivity index (χ4v) is 3.42. The number of rotatable bonds is 2. The quantitative estimate of drug-likeness (QED) is 0.793. The minimum Gasteiger partial charge on any atom is -0.368 e. The summed E-state index contributed by atoms with van der Waals surface area (Å²) in [5.74, 6) is 0.469. The molecule has 4 nitrogen and oxygen atoms in total. The SMILES string of the molecule is Cc1noc2c(F)c(N3C[C@H](C)C[C@H](C)C3)c(C=O)cc12. The van der Waals surface area contributed by atoms with E-state index in [0.29, 0.717) is 40.5 Å². The van der Waals surface area contributed by atoms with Gasteiger partial charge in [-0.25, -0.2) is 4.39 Å². The fraction of sp³-hybridized carbons (Fsp3) is 0.500. The van der Waals surface area contributed by atoms with Gasteiger partial charge in [-0.2, -0.15) is 0 Å². The predicted octanol–water partition coefficient (Wildman–Crippen LogP) is 3.57. The molecule has 2 atom stereocenters. The first-order valence-electron chi connectivity index (χ1n) is 7.29. The Morgan fingerprint density at radius 1 is 1.38 bits per heavy atom. The van der Waals surface area contributed by atoms with E-state index in [2.05, 4.69) is 19.0 Å². The highest BCUT2D eigenvalue weighted by Crippen LogP contribution is 2.35. The number of anilines is 1. The van der Waals surface area contributed by atoms with Gasteiger partial charge in [-0.1, -0.05) is 19.0 Å². The van der Waals surface area contributed by atoms with Crippen LogP contribution in [0.1, 0.15) is 36.3 Å². The van der Waals surface area contributed by atoms with Crippen LogP contribution in [0.3, 0.4) is 0 Å². The van der Waals surface area contributed by atoms with Crippen molar-refractivity contribution >= 4 is 22.9 Å². The van der Waals surface area contributed by atoms with Gasteiger partial charge in [-0.15, -0.1) is 0 Å². The first-order chi connectivity index (χ1) is 10.0. The maximum absolute atomic E-state index is 14.8. The molecule has 0 bridgehead atoms. The number of aryl methyl sites for hydroxylation is 1. The summed E-state index contributed by atoms with van der Waals surface area (Å²) in [5.41, 5.74) is 1.46. The van der Waals surface area contributed by atoms with Crippen LogP contribution in [0.2, 0.25) is 0 Å². The monoisotopic (exact) mass is 290 g/mol. The number of aldehydes is 1. The van der Waals surface area contributed by atoms with Gasteiger partial charge in [0.05, 0.1) is 11.4 Å². The molecule has 0 amide bonds. The standard InChI is InChI=1S/C16H19FN2O2/c1-9-4-10(2)7-19(6-9)15-12(8-20)5-13-11(3)18-21-16(13)14(15)17/h5,8-10H,4,6-7H2,1-3H3/t9-,10+. The van der Waals surface area contributed by atoms with Gasteiger partial charge in [0.1, 0.15) is 0 Å². The number of carbonyl (C=O) groups excluding carboxylic acids is 1. The number of benzene rings is 1. The van der Waals surface area contributed by atoms with Crippen LogP contribution in [-0.4, -0.2) is 24.5 Å². The summed E-state index contributed by atoms with van der Waals surface area (Å²) in [6.07, 6.45) is 1.84. The summed E-state index contributed by atoms with van der Waals surface area (Å²) in [6, 6.07) is 1.68. The average Bonchev–Trinajstić information content (AvgIpc) is 2.79. The van der Waals surface area contributed by atoms with Crippen molar-refractivity contribution in [1.82, 2.24) is 5.16 Å². The first-order valence-corrected chi connectivity index (χ1v) is 7.29. The van der Waals surface area contributed by atoms with Crippen molar-refractivity contribution < 1.29 is 13.7 Å². The third kappa shape index (κ3) is 2.30. The molecule has 2 heterocycles. The first kappa shape index (κ1) is 14.0. The minimum atomic E-state index is -0.475. The number of piperidine rings is 1.